The van der Waals surface area contributed by atoms with E-state index in [-0.39, 0.29) is 0 Å². The molecule has 0 spiro atoms. The van der Waals surface area contributed by atoms with E-state index in [9.17, 15) is 0 Å². The van der Waals surface area contributed by atoms with Crippen molar-refractivity contribution in [2.75, 3.05) is 18.1 Å². The predicted molar refractivity (Wildman–Crippen MR) is 71.0 cm³/mol. The van der Waals surface area contributed by atoms with Crippen molar-refractivity contribution in [2.24, 2.45) is 5.92 Å². The minimum absolute atomic E-state index is 0.620. The SMILES string of the molecule is Clc1ncccc1CNCC1CCSCC1. The van der Waals surface area contributed by atoms with Gasteiger partial charge in [0.2, 0.25) is 0 Å². The van der Waals surface area contributed by atoms with Crippen LogP contribution in [-0.2, 0) is 6.54 Å². The highest BCUT2D eigenvalue weighted by Crippen LogP contribution is 2.22. The van der Waals surface area contributed by atoms with Crippen molar-refractivity contribution in [2.45, 2.75) is 19.4 Å². The molecule has 2 rings (SSSR count). The molecule has 4 heteroatoms. The van der Waals surface area contributed by atoms with Gasteiger partial charge >= 0.3 is 0 Å². The third-order valence-electron chi connectivity index (χ3n) is 2.93. The zero-order valence-corrected chi connectivity index (χ0v) is 10.9. The summed E-state index contributed by atoms with van der Waals surface area (Å²) in [6.07, 6.45) is 4.42. The number of nitrogens with zero attached hydrogens (tertiary/aromatic N) is 1. The Morgan fingerprint density at radius 1 is 1.44 bits per heavy atom. The van der Waals surface area contributed by atoms with E-state index in [0.717, 1.165) is 24.6 Å². The topological polar surface area (TPSA) is 24.9 Å². The molecule has 0 radical (unpaired) electrons. The van der Waals surface area contributed by atoms with E-state index in [1.165, 1.54) is 24.3 Å². The maximum Gasteiger partial charge on any atom is 0.133 e. The fourth-order valence-corrected chi connectivity index (χ4v) is 3.30. The fraction of sp³-hybridized carbons (Fsp3) is 0.583. The van der Waals surface area contributed by atoms with Gasteiger partial charge in [0, 0.05) is 18.3 Å². The highest BCUT2D eigenvalue weighted by atomic mass is 35.5. The van der Waals surface area contributed by atoms with Gasteiger partial charge in [-0.1, -0.05) is 17.7 Å². The van der Waals surface area contributed by atoms with Crippen LogP contribution in [0.1, 0.15) is 18.4 Å². The lowest BCUT2D eigenvalue weighted by atomic mass is 10.0. The quantitative estimate of drug-likeness (QED) is 0.839. The summed E-state index contributed by atoms with van der Waals surface area (Å²) in [6.45, 7) is 1.93. The molecule has 0 aromatic carbocycles. The molecule has 0 bridgehead atoms. The van der Waals surface area contributed by atoms with Gasteiger partial charge in [-0.25, -0.2) is 4.98 Å². The first-order valence-electron chi connectivity index (χ1n) is 5.74. The van der Waals surface area contributed by atoms with Crippen LogP contribution in [0.4, 0.5) is 0 Å². The predicted octanol–water partition coefficient (Wildman–Crippen LogP) is 2.97. The lowest BCUT2D eigenvalue weighted by Crippen LogP contribution is -2.25. The second kappa shape index (κ2) is 6.48. The molecule has 16 heavy (non-hydrogen) atoms. The lowest BCUT2D eigenvalue weighted by molar-refractivity contribution is 0.447. The molecule has 1 aliphatic heterocycles. The third-order valence-corrected chi connectivity index (χ3v) is 4.31. The van der Waals surface area contributed by atoms with Crippen LogP contribution in [0.15, 0.2) is 18.3 Å². The highest BCUT2D eigenvalue weighted by molar-refractivity contribution is 7.99. The van der Waals surface area contributed by atoms with Crippen molar-refractivity contribution in [3.05, 3.63) is 29.0 Å². The van der Waals surface area contributed by atoms with E-state index in [1.807, 2.05) is 12.1 Å². The Hall–Kier alpha value is -0.250. The summed E-state index contributed by atoms with van der Waals surface area (Å²) in [5, 5.41) is 4.10. The van der Waals surface area contributed by atoms with Gasteiger partial charge in [-0.15, -0.1) is 0 Å². The van der Waals surface area contributed by atoms with E-state index >= 15 is 0 Å². The highest BCUT2D eigenvalue weighted by Gasteiger charge is 2.13. The molecule has 0 unspecified atom stereocenters. The monoisotopic (exact) mass is 256 g/mol. The van der Waals surface area contributed by atoms with Crippen LogP contribution in [0.2, 0.25) is 5.15 Å². The van der Waals surface area contributed by atoms with Crippen LogP contribution < -0.4 is 5.32 Å². The van der Waals surface area contributed by atoms with E-state index in [0.29, 0.717) is 5.15 Å². The Bertz CT molecular complexity index is 327. The first kappa shape index (κ1) is 12.2. The van der Waals surface area contributed by atoms with Gasteiger partial charge in [0.15, 0.2) is 0 Å². The summed E-state index contributed by atoms with van der Waals surface area (Å²) in [5.74, 6) is 3.48. The molecule has 1 N–H and O–H groups in total. The molecular formula is C12H17ClN2S. The zero-order valence-electron chi connectivity index (χ0n) is 9.29. The van der Waals surface area contributed by atoms with Crippen LogP contribution >= 0.6 is 23.4 Å². The second-order valence-electron chi connectivity index (χ2n) is 4.14. The van der Waals surface area contributed by atoms with Crippen LogP contribution in [0.25, 0.3) is 0 Å². The average Bonchev–Trinajstić information content (AvgIpc) is 2.33. The van der Waals surface area contributed by atoms with Gasteiger partial charge in [0.25, 0.3) is 0 Å². The molecule has 0 aliphatic carbocycles. The van der Waals surface area contributed by atoms with Gasteiger partial charge in [-0.3, -0.25) is 0 Å². The standard InChI is InChI=1S/C12H17ClN2S/c13-12-11(2-1-5-15-12)9-14-8-10-3-6-16-7-4-10/h1-2,5,10,14H,3-4,6-9H2. The van der Waals surface area contributed by atoms with Crippen molar-refractivity contribution in [1.82, 2.24) is 10.3 Å². The first-order chi connectivity index (χ1) is 7.86. The van der Waals surface area contributed by atoms with Gasteiger partial charge in [-0.2, -0.15) is 11.8 Å². The minimum atomic E-state index is 0.620. The van der Waals surface area contributed by atoms with Gasteiger partial charge in [-0.05, 0) is 42.9 Å². The summed E-state index contributed by atoms with van der Waals surface area (Å²) >= 11 is 8.06. The van der Waals surface area contributed by atoms with E-state index in [1.54, 1.807) is 6.20 Å². The summed E-state index contributed by atoms with van der Waals surface area (Å²) in [4.78, 5) is 4.07. The third kappa shape index (κ3) is 3.65. The van der Waals surface area contributed by atoms with Crippen molar-refractivity contribution in [3.63, 3.8) is 0 Å². The number of aromatic nitrogens is 1. The molecule has 1 aliphatic rings. The maximum absolute atomic E-state index is 5.99. The normalized spacial score (nSPS) is 17.6. The van der Waals surface area contributed by atoms with Gasteiger partial charge in [0.1, 0.15) is 5.15 Å². The van der Waals surface area contributed by atoms with E-state index < -0.39 is 0 Å². The van der Waals surface area contributed by atoms with Crippen LogP contribution in [0.3, 0.4) is 0 Å². The van der Waals surface area contributed by atoms with Gasteiger partial charge in [0.05, 0.1) is 0 Å². The molecule has 0 saturated carbocycles. The number of rotatable bonds is 4. The summed E-state index contributed by atoms with van der Waals surface area (Å²) in [6, 6.07) is 3.96. The number of nitrogens with one attached hydrogen (secondary N) is 1. The second-order valence-corrected chi connectivity index (χ2v) is 5.72. The number of hydrogen-bond donors (Lipinski definition) is 1. The number of halogens is 1. The van der Waals surface area contributed by atoms with Crippen molar-refractivity contribution in [1.29, 1.82) is 0 Å². The molecule has 0 amide bonds. The maximum atomic E-state index is 5.99. The van der Waals surface area contributed by atoms with Crippen molar-refractivity contribution < 1.29 is 0 Å². The Kier molecular flexibility index (Phi) is 4.94. The van der Waals surface area contributed by atoms with Gasteiger partial charge < -0.3 is 5.32 Å². The zero-order chi connectivity index (χ0) is 11.2. The molecule has 88 valence electrons. The molecular weight excluding hydrogens is 240 g/mol. The number of thioether (sulfide) groups is 1. The number of hydrogen-bond acceptors (Lipinski definition) is 3. The summed E-state index contributed by atoms with van der Waals surface area (Å²) in [5.41, 5.74) is 1.09. The Balaban J connectivity index is 1.73. The van der Waals surface area contributed by atoms with E-state index in [4.69, 9.17) is 11.6 Å². The number of pyridine rings is 1. The molecule has 2 nitrogen and oxygen atoms in total. The molecule has 2 heterocycles. The smallest absolute Gasteiger partial charge is 0.133 e. The van der Waals surface area contributed by atoms with E-state index in [2.05, 4.69) is 22.1 Å². The summed E-state index contributed by atoms with van der Waals surface area (Å²) < 4.78 is 0. The Morgan fingerprint density at radius 3 is 3.00 bits per heavy atom. The Morgan fingerprint density at radius 2 is 2.25 bits per heavy atom. The minimum Gasteiger partial charge on any atom is -0.312 e. The molecule has 1 saturated heterocycles. The lowest BCUT2D eigenvalue weighted by Gasteiger charge is -2.21. The van der Waals surface area contributed by atoms with Crippen molar-refractivity contribution in [3.8, 4) is 0 Å². The largest absolute Gasteiger partial charge is 0.312 e. The molecule has 1 aromatic rings. The first-order valence-corrected chi connectivity index (χ1v) is 7.27. The molecule has 1 fully saturated rings. The van der Waals surface area contributed by atoms with Crippen LogP contribution in [-0.4, -0.2) is 23.0 Å². The van der Waals surface area contributed by atoms with Crippen molar-refractivity contribution >= 4 is 23.4 Å². The molecule has 0 atom stereocenters. The fourth-order valence-electron chi connectivity index (χ4n) is 1.91. The molecule has 1 aromatic heterocycles. The van der Waals surface area contributed by atoms with Crippen LogP contribution in [0.5, 0.6) is 0 Å². The van der Waals surface area contributed by atoms with Crippen LogP contribution in [0, 0.1) is 5.92 Å². The summed E-state index contributed by atoms with van der Waals surface area (Å²) in [7, 11) is 0. The average molecular weight is 257 g/mol. The Labute approximate surface area is 106 Å².